The van der Waals surface area contributed by atoms with Crippen molar-refractivity contribution in [1.82, 2.24) is 10.6 Å². The van der Waals surface area contributed by atoms with Crippen molar-refractivity contribution in [3.8, 4) is 11.5 Å². The van der Waals surface area contributed by atoms with Crippen molar-refractivity contribution in [3.63, 3.8) is 0 Å². The Balaban J connectivity index is 1.86. The van der Waals surface area contributed by atoms with E-state index in [-0.39, 0.29) is 5.82 Å². The molecular weight excluding hydrogens is 339 g/mol. The van der Waals surface area contributed by atoms with E-state index in [1.165, 1.54) is 12.1 Å². The van der Waals surface area contributed by atoms with Gasteiger partial charge in [-0.25, -0.2) is 4.39 Å². The predicted octanol–water partition coefficient (Wildman–Crippen LogP) is 3.79. The average Bonchev–Trinajstić information content (AvgIpc) is 2.62. The number of ether oxygens (including phenoxy) is 2. The molecule has 0 bridgehead atoms. The second-order valence-electron chi connectivity index (χ2n) is 5.31. The lowest BCUT2D eigenvalue weighted by molar-refractivity contribution is 0.287. The van der Waals surface area contributed by atoms with Gasteiger partial charge in [-0.1, -0.05) is 18.2 Å². The largest absolute Gasteiger partial charge is 0.490 e. The van der Waals surface area contributed by atoms with Crippen LogP contribution in [0.1, 0.15) is 25.0 Å². The molecule has 0 saturated heterocycles. The third kappa shape index (κ3) is 6.23. The minimum Gasteiger partial charge on any atom is -0.490 e. The van der Waals surface area contributed by atoms with Crippen LogP contribution in [0.2, 0.25) is 0 Å². The topological polar surface area (TPSA) is 42.5 Å². The normalized spacial score (nSPS) is 10.2. The summed E-state index contributed by atoms with van der Waals surface area (Å²) in [5.74, 6) is 1.23. The van der Waals surface area contributed by atoms with E-state index in [0.717, 1.165) is 22.6 Å². The summed E-state index contributed by atoms with van der Waals surface area (Å²) in [6.07, 6.45) is 0. The maximum Gasteiger partial charge on any atom is 0.166 e. The number of nitrogens with one attached hydrogen (secondary N) is 2. The molecular formula is C19H23FN2O2S. The SMILES string of the molecule is CCOc1ccc(CNC(=S)NCc2ccc(F)cc2)cc1OCC. The molecule has 0 aliphatic heterocycles. The fourth-order valence-corrected chi connectivity index (χ4v) is 2.38. The minimum absolute atomic E-state index is 0.245. The summed E-state index contributed by atoms with van der Waals surface area (Å²) in [4.78, 5) is 0. The van der Waals surface area contributed by atoms with E-state index >= 15 is 0 Å². The zero-order chi connectivity index (χ0) is 18.1. The van der Waals surface area contributed by atoms with E-state index in [1.54, 1.807) is 12.1 Å². The molecule has 134 valence electrons. The smallest absolute Gasteiger partial charge is 0.166 e. The molecule has 6 heteroatoms. The first-order chi connectivity index (χ1) is 12.1. The van der Waals surface area contributed by atoms with Crippen molar-refractivity contribution in [1.29, 1.82) is 0 Å². The van der Waals surface area contributed by atoms with Crippen LogP contribution in [0.5, 0.6) is 11.5 Å². The molecule has 0 atom stereocenters. The summed E-state index contributed by atoms with van der Waals surface area (Å²) in [7, 11) is 0. The highest BCUT2D eigenvalue weighted by molar-refractivity contribution is 7.80. The minimum atomic E-state index is -0.245. The van der Waals surface area contributed by atoms with E-state index in [1.807, 2.05) is 32.0 Å². The van der Waals surface area contributed by atoms with Crippen LogP contribution in [0.25, 0.3) is 0 Å². The fraction of sp³-hybridized carbons (Fsp3) is 0.316. The van der Waals surface area contributed by atoms with Gasteiger partial charge in [-0.2, -0.15) is 0 Å². The summed E-state index contributed by atoms with van der Waals surface area (Å²) < 4.78 is 24.1. The number of benzene rings is 2. The third-order valence-corrected chi connectivity index (χ3v) is 3.72. The molecule has 0 unspecified atom stereocenters. The van der Waals surface area contributed by atoms with Gasteiger partial charge in [-0.05, 0) is 61.5 Å². The highest BCUT2D eigenvalue weighted by Gasteiger charge is 2.06. The summed E-state index contributed by atoms with van der Waals surface area (Å²) in [6.45, 7) is 6.16. The molecule has 0 amide bonds. The first-order valence-corrected chi connectivity index (χ1v) is 8.67. The van der Waals surface area contributed by atoms with Crippen molar-refractivity contribution in [2.45, 2.75) is 26.9 Å². The molecule has 2 aromatic carbocycles. The zero-order valence-corrected chi connectivity index (χ0v) is 15.3. The van der Waals surface area contributed by atoms with Crippen LogP contribution in [-0.2, 0) is 13.1 Å². The summed E-state index contributed by atoms with van der Waals surface area (Å²) in [6, 6.07) is 12.1. The van der Waals surface area contributed by atoms with Crippen molar-refractivity contribution in [2.24, 2.45) is 0 Å². The Morgan fingerprint density at radius 2 is 1.44 bits per heavy atom. The van der Waals surface area contributed by atoms with Crippen LogP contribution in [0.15, 0.2) is 42.5 Å². The number of hydrogen-bond donors (Lipinski definition) is 2. The van der Waals surface area contributed by atoms with Gasteiger partial charge in [-0.3, -0.25) is 0 Å². The molecule has 25 heavy (non-hydrogen) atoms. The number of halogens is 1. The molecule has 0 saturated carbocycles. The van der Waals surface area contributed by atoms with Gasteiger partial charge >= 0.3 is 0 Å². The van der Waals surface area contributed by atoms with E-state index in [0.29, 0.717) is 31.4 Å². The Kier molecular flexibility index (Phi) is 7.47. The zero-order valence-electron chi connectivity index (χ0n) is 14.5. The summed E-state index contributed by atoms with van der Waals surface area (Å²) >= 11 is 5.28. The van der Waals surface area contributed by atoms with Gasteiger partial charge in [0.2, 0.25) is 0 Å². The van der Waals surface area contributed by atoms with Gasteiger partial charge in [0, 0.05) is 13.1 Å². The fourth-order valence-electron chi connectivity index (χ4n) is 2.23. The van der Waals surface area contributed by atoms with Crippen LogP contribution < -0.4 is 20.1 Å². The molecule has 2 N–H and O–H groups in total. The van der Waals surface area contributed by atoms with Gasteiger partial charge in [0.25, 0.3) is 0 Å². The number of rotatable bonds is 8. The monoisotopic (exact) mass is 362 g/mol. The van der Waals surface area contributed by atoms with Crippen molar-refractivity contribution in [2.75, 3.05) is 13.2 Å². The first-order valence-electron chi connectivity index (χ1n) is 8.27. The van der Waals surface area contributed by atoms with Crippen LogP contribution in [0.4, 0.5) is 4.39 Å². The average molecular weight is 362 g/mol. The molecule has 0 heterocycles. The van der Waals surface area contributed by atoms with Crippen molar-refractivity contribution >= 4 is 17.3 Å². The van der Waals surface area contributed by atoms with Crippen LogP contribution >= 0.6 is 12.2 Å². The maximum atomic E-state index is 12.9. The summed E-state index contributed by atoms with van der Waals surface area (Å²) in [5.41, 5.74) is 2.00. The van der Waals surface area contributed by atoms with Crippen molar-refractivity contribution < 1.29 is 13.9 Å². The quantitative estimate of drug-likeness (QED) is 0.700. The molecule has 2 aromatic rings. The van der Waals surface area contributed by atoms with Gasteiger partial charge in [0.15, 0.2) is 16.6 Å². The van der Waals surface area contributed by atoms with Gasteiger partial charge in [0.1, 0.15) is 5.82 Å². The third-order valence-electron chi connectivity index (χ3n) is 3.43. The van der Waals surface area contributed by atoms with Gasteiger partial charge in [0.05, 0.1) is 13.2 Å². The molecule has 4 nitrogen and oxygen atoms in total. The van der Waals surface area contributed by atoms with E-state index in [2.05, 4.69) is 10.6 Å². The molecule has 0 aliphatic rings. The Morgan fingerprint density at radius 3 is 2.08 bits per heavy atom. The Hall–Kier alpha value is -2.34. The second-order valence-corrected chi connectivity index (χ2v) is 5.72. The number of thiocarbonyl (C=S) groups is 1. The van der Waals surface area contributed by atoms with Crippen LogP contribution in [0.3, 0.4) is 0 Å². The standard InChI is InChI=1S/C19H23FN2O2S/c1-3-23-17-10-7-15(11-18(17)24-4-2)13-22-19(25)21-12-14-5-8-16(20)9-6-14/h5-11H,3-4,12-13H2,1-2H3,(H2,21,22,25). The van der Waals surface area contributed by atoms with Crippen LogP contribution in [-0.4, -0.2) is 18.3 Å². The second kappa shape index (κ2) is 9.84. The highest BCUT2D eigenvalue weighted by Crippen LogP contribution is 2.28. The van der Waals surface area contributed by atoms with E-state index in [4.69, 9.17) is 21.7 Å². The lowest BCUT2D eigenvalue weighted by atomic mass is 10.2. The molecule has 0 radical (unpaired) electrons. The molecule has 0 aromatic heterocycles. The lowest BCUT2D eigenvalue weighted by Crippen LogP contribution is -2.34. The molecule has 0 spiro atoms. The molecule has 0 aliphatic carbocycles. The predicted molar refractivity (Wildman–Crippen MR) is 101 cm³/mol. The van der Waals surface area contributed by atoms with Crippen LogP contribution in [0, 0.1) is 5.82 Å². The molecule has 2 rings (SSSR count). The Morgan fingerprint density at radius 1 is 0.880 bits per heavy atom. The molecule has 0 fully saturated rings. The Bertz CT molecular complexity index is 692. The Labute approximate surface area is 153 Å². The van der Waals surface area contributed by atoms with E-state index in [9.17, 15) is 4.39 Å². The number of hydrogen-bond acceptors (Lipinski definition) is 3. The summed E-state index contributed by atoms with van der Waals surface area (Å²) in [5, 5.41) is 6.79. The van der Waals surface area contributed by atoms with E-state index < -0.39 is 0 Å². The van der Waals surface area contributed by atoms with Gasteiger partial charge < -0.3 is 20.1 Å². The lowest BCUT2D eigenvalue weighted by Gasteiger charge is -2.14. The highest BCUT2D eigenvalue weighted by atomic mass is 32.1. The maximum absolute atomic E-state index is 12.9. The van der Waals surface area contributed by atoms with Crippen molar-refractivity contribution in [3.05, 3.63) is 59.4 Å². The van der Waals surface area contributed by atoms with Gasteiger partial charge in [-0.15, -0.1) is 0 Å². The first kappa shape index (κ1) is 19.0.